The van der Waals surface area contributed by atoms with Gasteiger partial charge in [-0.05, 0) is 51.1 Å². The average molecular weight is 331 g/mol. The Morgan fingerprint density at radius 2 is 1.96 bits per heavy atom. The molecule has 0 aromatic heterocycles. The maximum atomic E-state index is 12.6. The van der Waals surface area contributed by atoms with E-state index in [0.29, 0.717) is 11.3 Å². The molecule has 1 unspecified atom stereocenters. The van der Waals surface area contributed by atoms with E-state index in [2.05, 4.69) is 17.3 Å². The molecule has 0 aliphatic carbocycles. The maximum Gasteiger partial charge on any atom is 0.337 e. The molecule has 24 heavy (non-hydrogen) atoms. The Kier molecular flexibility index (Phi) is 4.49. The molecule has 1 atom stereocenters. The Labute approximate surface area is 142 Å². The summed E-state index contributed by atoms with van der Waals surface area (Å²) in [5, 5.41) is 2.95. The number of anilines is 1. The molecule has 2 aliphatic rings. The third-order valence-electron chi connectivity index (χ3n) is 5.25. The lowest BCUT2D eigenvalue weighted by atomic mass is 9.86. The SMILES string of the molecule is COC(=O)c1ccc(C)c(NC(=O)N2CCC3(CCN(C)C3)C2)c1. The molecule has 2 saturated heterocycles. The molecule has 2 aliphatic heterocycles. The molecule has 3 rings (SSSR count). The number of nitrogens with zero attached hydrogens (tertiary/aromatic N) is 2. The quantitative estimate of drug-likeness (QED) is 0.845. The molecule has 1 spiro atoms. The van der Waals surface area contributed by atoms with E-state index in [0.717, 1.165) is 44.6 Å². The number of aryl methyl sites for hydroxylation is 1. The second-order valence-electron chi connectivity index (χ2n) is 7.11. The first-order chi connectivity index (χ1) is 11.4. The van der Waals surface area contributed by atoms with E-state index in [1.165, 1.54) is 7.11 Å². The number of hydrogen-bond acceptors (Lipinski definition) is 4. The number of urea groups is 1. The van der Waals surface area contributed by atoms with E-state index in [4.69, 9.17) is 4.74 Å². The number of esters is 1. The number of nitrogens with one attached hydrogen (secondary N) is 1. The standard InChI is InChI=1S/C18H25N3O3/c1-13-4-5-14(16(22)24-3)10-15(13)19-17(23)21-9-7-18(12-21)6-8-20(2)11-18/h4-5,10H,6-9,11-12H2,1-3H3,(H,19,23). The lowest BCUT2D eigenvalue weighted by Crippen LogP contribution is -2.36. The van der Waals surface area contributed by atoms with Crippen LogP contribution in [0.4, 0.5) is 10.5 Å². The average Bonchev–Trinajstić information content (AvgIpc) is 3.15. The van der Waals surface area contributed by atoms with Crippen molar-refractivity contribution in [2.45, 2.75) is 19.8 Å². The van der Waals surface area contributed by atoms with Gasteiger partial charge in [0.05, 0.1) is 12.7 Å². The lowest BCUT2D eigenvalue weighted by molar-refractivity contribution is 0.0600. The molecule has 0 saturated carbocycles. The summed E-state index contributed by atoms with van der Waals surface area (Å²) in [6.07, 6.45) is 2.22. The monoisotopic (exact) mass is 331 g/mol. The first-order valence-electron chi connectivity index (χ1n) is 8.36. The fourth-order valence-electron chi connectivity index (χ4n) is 3.80. The molecule has 130 valence electrons. The highest BCUT2D eigenvalue weighted by atomic mass is 16.5. The van der Waals surface area contributed by atoms with Crippen LogP contribution in [0.25, 0.3) is 0 Å². The van der Waals surface area contributed by atoms with Gasteiger partial charge in [-0.3, -0.25) is 0 Å². The summed E-state index contributed by atoms with van der Waals surface area (Å²) in [7, 11) is 3.49. The van der Waals surface area contributed by atoms with E-state index in [9.17, 15) is 9.59 Å². The van der Waals surface area contributed by atoms with E-state index in [1.54, 1.807) is 12.1 Å². The number of benzene rings is 1. The molecule has 1 N–H and O–H groups in total. The Morgan fingerprint density at radius 3 is 2.62 bits per heavy atom. The molecule has 1 aromatic carbocycles. The molecule has 2 fully saturated rings. The summed E-state index contributed by atoms with van der Waals surface area (Å²) >= 11 is 0. The van der Waals surface area contributed by atoms with Gasteiger partial charge in [0, 0.05) is 30.7 Å². The highest BCUT2D eigenvalue weighted by Gasteiger charge is 2.43. The molecule has 6 heteroatoms. The number of likely N-dealkylation sites (tertiary alicyclic amines) is 2. The summed E-state index contributed by atoms with van der Waals surface area (Å²) in [5.41, 5.74) is 2.28. The highest BCUT2D eigenvalue weighted by molar-refractivity contribution is 5.94. The Bertz CT molecular complexity index is 661. The normalized spacial score (nSPS) is 23.7. The molecule has 2 heterocycles. The summed E-state index contributed by atoms with van der Waals surface area (Å²) in [5.74, 6) is -0.403. The van der Waals surface area contributed by atoms with Crippen molar-refractivity contribution in [3.63, 3.8) is 0 Å². The van der Waals surface area contributed by atoms with Crippen molar-refractivity contribution < 1.29 is 14.3 Å². The van der Waals surface area contributed by atoms with E-state index < -0.39 is 5.97 Å². The van der Waals surface area contributed by atoms with Gasteiger partial charge < -0.3 is 19.9 Å². The number of methoxy groups -OCH3 is 1. The van der Waals surface area contributed by atoms with Crippen LogP contribution in [0.1, 0.15) is 28.8 Å². The Balaban J connectivity index is 1.68. The smallest absolute Gasteiger partial charge is 0.337 e. The van der Waals surface area contributed by atoms with Gasteiger partial charge in [-0.1, -0.05) is 6.07 Å². The zero-order valence-electron chi connectivity index (χ0n) is 14.6. The molecule has 1 aromatic rings. The van der Waals surface area contributed by atoms with Crippen LogP contribution in [0.15, 0.2) is 18.2 Å². The topological polar surface area (TPSA) is 61.9 Å². The Morgan fingerprint density at radius 1 is 1.21 bits per heavy atom. The van der Waals surface area contributed by atoms with Crippen molar-refractivity contribution in [3.8, 4) is 0 Å². The third-order valence-corrected chi connectivity index (χ3v) is 5.25. The van der Waals surface area contributed by atoms with Crippen molar-refractivity contribution in [2.24, 2.45) is 5.41 Å². The summed E-state index contributed by atoms with van der Waals surface area (Å²) in [4.78, 5) is 28.5. The second-order valence-corrected chi connectivity index (χ2v) is 7.11. The van der Waals surface area contributed by atoms with E-state index in [1.807, 2.05) is 17.9 Å². The van der Waals surface area contributed by atoms with Crippen molar-refractivity contribution in [1.29, 1.82) is 0 Å². The predicted molar refractivity (Wildman–Crippen MR) is 92.3 cm³/mol. The molecule has 0 radical (unpaired) electrons. The first-order valence-corrected chi connectivity index (χ1v) is 8.36. The van der Waals surface area contributed by atoms with Gasteiger partial charge >= 0.3 is 12.0 Å². The van der Waals surface area contributed by atoms with Gasteiger partial charge in [-0.2, -0.15) is 0 Å². The van der Waals surface area contributed by atoms with Gasteiger partial charge in [0.1, 0.15) is 0 Å². The molecule has 6 nitrogen and oxygen atoms in total. The van der Waals surface area contributed by atoms with Crippen LogP contribution < -0.4 is 5.32 Å². The predicted octanol–water partition coefficient (Wildman–Crippen LogP) is 2.34. The molecular weight excluding hydrogens is 306 g/mol. The maximum absolute atomic E-state index is 12.6. The summed E-state index contributed by atoms with van der Waals surface area (Å²) in [6, 6.07) is 5.11. The van der Waals surface area contributed by atoms with E-state index in [-0.39, 0.29) is 11.4 Å². The van der Waals surface area contributed by atoms with Crippen LogP contribution in [0, 0.1) is 12.3 Å². The van der Waals surface area contributed by atoms with Crippen LogP contribution in [-0.4, -0.2) is 62.1 Å². The van der Waals surface area contributed by atoms with Crippen LogP contribution in [0.2, 0.25) is 0 Å². The second kappa shape index (κ2) is 6.43. The summed E-state index contributed by atoms with van der Waals surface area (Å²) in [6.45, 7) is 5.67. The number of carbonyl (C=O) groups is 2. The zero-order chi connectivity index (χ0) is 17.3. The lowest BCUT2D eigenvalue weighted by Gasteiger charge is -2.24. The molecule has 2 amide bonds. The van der Waals surface area contributed by atoms with Crippen molar-refractivity contribution in [3.05, 3.63) is 29.3 Å². The summed E-state index contributed by atoms with van der Waals surface area (Å²) < 4.78 is 4.74. The van der Waals surface area contributed by atoms with Crippen LogP contribution in [-0.2, 0) is 4.74 Å². The van der Waals surface area contributed by atoms with E-state index >= 15 is 0 Å². The van der Waals surface area contributed by atoms with Crippen LogP contribution in [0.5, 0.6) is 0 Å². The van der Waals surface area contributed by atoms with Gasteiger partial charge in [0.2, 0.25) is 0 Å². The van der Waals surface area contributed by atoms with Crippen molar-refractivity contribution >= 4 is 17.7 Å². The van der Waals surface area contributed by atoms with Crippen LogP contribution >= 0.6 is 0 Å². The fourth-order valence-corrected chi connectivity index (χ4v) is 3.80. The Hall–Kier alpha value is -2.08. The van der Waals surface area contributed by atoms with Gasteiger partial charge in [-0.25, -0.2) is 9.59 Å². The number of rotatable bonds is 2. The number of carbonyl (C=O) groups excluding carboxylic acids is 2. The minimum Gasteiger partial charge on any atom is -0.465 e. The minimum absolute atomic E-state index is 0.0912. The van der Waals surface area contributed by atoms with Crippen molar-refractivity contribution in [1.82, 2.24) is 9.80 Å². The highest BCUT2D eigenvalue weighted by Crippen LogP contribution is 2.39. The first kappa shape index (κ1) is 16.8. The molecule has 0 bridgehead atoms. The van der Waals surface area contributed by atoms with Gasteiger partial charge in [0.15, 0.2) is 0 Å². The largest absolute Gasteiger partial charge is 0.465 e. The zero-order valence-corrected chi connectivity index (χ0v) is 14.6. The number of amides is 2. The van der Waals surface area contributed by atoms with Gasteiger partial charge in [0.25, 0.3) is 0 Å². The van der Waals surface area contributed by atoms with Crippen molar-refractivity contribution in [2.75, 3.05) is 45.7 Å². The number of ether oxygens (including phenoxy) is 1. The number of hydrogen-bond donors (Lipinski definition) is 1. The third kappa shape index (κ3) is 3.24. The minimum atomic E-state index is -0.403. The fraction of sp³-hybridized carbons (Fsp3) is 0.556. The van der Waals surface area contributed by atoms with Gasteiger partial charge in [-0.15, -0.1) is 0 Å². The van der Waals surface area contributed by atoms with Crippen LogP contribution in [0.3, 0.4) is 0 Å². The molecular formula is C18H25N3O3.